The van der Waals surface area contributed by atoms with E-state index in [-0.39, 0.29) is 44.6 Å². The minimum atomic E-state index is -1.51. The van der Waals surface area contributed by atoms with Crippen molar-refractivity contribution in [2.24, 2.45) is 0 Å². The lowest BCUT2D eigenvalue weighted by Gasteiger charge is -2.51. The molecule has 18 heteroatoms. The molecule has 1 unspecified atom stereocenters. The van der Waals surface area contributed by atoms with E-state index in [0.717, 1.165) is 43.2 Å². The number of halogens is 1. The van der Waals surface area contributed by atoms with Gasteiger partial charge in [0.25, 0.3) is 0 Å². The van der Waals surface area contributed by atoms with Gasteiger partial charge in [0.05, 0.1) is 46.2 Å². The molecule has 17 nitrogen and oxygen atoms in total. The van der Waals surface area contributed by atoms with Crippen molar-refractivity contribution >= 4 is 35.4 Å². The van der Waals surface area contributed by atoms with Crippen molar-refractivity contribution in [2.75, 3.05) is 39.9 Å². The van der Waals surface area contributed by atoms with Gasteiger partial charge in [0, 0.05) is 25.5 Å². The van der Waals surface area contributed by atoms with Crippen LogP contribution in [0.5, 0.6) is 5.75 Å². The first-order chi connectivity index (χ1) is 35.6. The van der Waals surface area contributed by atoms with Crippen LogP contribution in [0.3, 0.4) is 0 Å². The van der Waals surface area contributed by atoms with Crippen molar-refractivity contribution in [3.05, 3.63) is 138 Å². The molecule has 3 aliphatic heterocycles. The first kappa shape index (κ1) is 55.3. The fourth-order valence-electron chi connectivity index (χ4n) is 8.89. The second-order valence-corrected chi connectivity index (χ2v) is 18.1. The number of fused-ring (bicyclic) bond motifs is 1. The number of unbranched alkanes of at least 4 members (excludes halogenated alkanes) is 5. The summed E-state index contributed by atoms with van der Waals surface area (Å²) in [5.41, 5.74) is 2.58. The molecule has 0 bridgehead atoms. The van der Waals surface area contributed by atoms with Crippen LogP contribution in [0.1, 0.15) is 85.2 Å². The van der Waals surface area contributed by atoms with E-state index in [1.165, 1.54) is 14.0 Å². The molecule has 73 heavy (non-hydrogen) atoms. The van der Waals surface area contributed by atoms with Gasteiger partial charge in [-0.25, -0.2) is 4.79 Å². The van der Waals surface area contributed by atoms with Gasteiger partial charge in [-0.3, -0.25) is 14.4 Å². The molecule has 4 aromatic rings. The summed E-state index contributed by atoms with van der Waals surface area (Å²) >= 11 is 6.09. The Balaban J connectivity index is 1.22. The highest BCUT2D eigenvalue weighted by Crippen LogP contribution is 2.39. The van der Waals surface area contributed by atoms with Crippen molar-refractivity contribution in [3.8, 4) is 5.75 Å². The highest BCUT2D eigenvalue weighted by Gasteiger charge is 2.57. The maximum atomic E-state index is 14.1. The maximum Gasteiger partial charge on any atom is 0.338 e. The summed E-state index contributed by atoms with van der Waals surface area (Å²) in [5.74, 6) is -2.05. The number of esters is 3. The molecule has 0 aliphatic carbocycles. The zero-order valence-corrected chi connectivity index (χ0v) is 42.2. The number of alkyl halides is 1. The molecule has 0 spiro atoms. The average Bonchev–Trinajstić information content (AvgIpc) is 3.42. The van der Waals surface area contributed by atoms with Crippen LogP contribution in [0.4, 0.5) is 0 Å². The summed E-state index contributed by atoms with van der Waals surface area (Å²) < 4.78 is 75.7. The highest BCUT2D eigenvalue weighted by atomic mass is 35.5. The molecule has 11 atom stereocenters. The number of methoxy groups -OCH3 is 2. The second kappa shape index (κ2) is 28.8. The first-order valence-corrected chi connectivity index (χ1v) is 25.3. The zero-order chi connectivity index (χ0) is 51.4. The van der Waals surface area contributed by atoms with Crippen LogP contribution >= 0.6 is 11.6 Å². The van der Waals surface area contributed by atoms with Crippen LogP contribution in [-0.4, -0.2) is 125 Å². The SMILES string of the molecule is COC(=O)CCCCCCCCO[C@@H]1O[C@H](COCc2ccccc2)[C@@H](O[C@@H]2O[C@@H]3COC(c4ccccc4)O[C@@H]3[C@H](OC(=O)CCl)[C@H]2OC(=O)c2ccccc2)[C@H](OCc2ccc(OC)cc2)[C@H]1NC(C)=O. The Morgan fingerprint density at radius 3 is 2.01 bits per heavy atom. The van der Waals surface area contributed by atoms with Crippen LogP contribution in [0, 0.1) is 0 Å². The fourth-order valence-corrected chi connectivity index (χ4v) is 8.95. The Kier molecular flexibility index (Phi) is 21.8. The Bertz CT molecular complexity index is 2300. The number of ether oxygens (including phenoxy) is 12. The van der Waals surface area contributed by atoms with Gasteiger partial charge in [-0.2, -0.15) is 0 Å². The minimum Gasteiger partial charge on any atom is -0.497 e. The molecule has 4 aromatic carbocycles. The summed E-state index contributed by atoms with van der Waals surface area (Å²) in [6.07, 6.45) is -6.04. The average molecular weight is 1030 g/mol. The molecule has 394 valence electrons. The summed E-state index contributed by atoms with van der Waals surface area (Å²) in [7, 11) is 2.97. The lowest BCUT2D eigenvalue weighted by Crippen LogP contribution is -2.69. The molecular weight excluding hydrogens is 966 g/mol. The number of amides is 1. The summed E-state index contributed by atoms with van der Waals surface area (Å²) in [4.78, 5) is 52.2. The van der Waals surface area contributed by atoms with Gasteiger partial charge < -0.3 is 62.2 Å². The van der Waals surface area contributed by atoms with Crippen LogP contribution < -0.4 is 10.1 Å². The van der Waals surface area contributed by atoms with Crippen LogP contribution in [-0.2, 0) is 79.7 Å². The van der Waals surface area contributed by atoms with Crippen LogP contribution in [0.15, 0.2) is 115 Å². The Morgan fingerprint density at radius 1 is 0.658 bits per heavy atom. The number of hydrogen-bond acceptors (Lipinski definition) is 16. The van der Waals surface area contributed by atoms with Crippen molar-refractivity contribution in [1.29, 1.82) is 0 Å². The van der Waals surface area contributed by atoms with Gasteiger partial charge >= 0.3 is 17.9 Å². The first-order valence-electron chi connectivity index (χ1n) is 24.8. The fraction of sp³-hybridized carbons (Fsp3) is 0.491. The molecule has 0 saturated carbocycles. The Hall–Kier alpha value is -5.47. The van der Waals surface area contributed by atoms with E-state index >= 15 is 0 Å². The quantitative estimate of drug-likeness (QED) is 0.0280. The lowest BCUT2D eigenvalue weighted by atomic mass is 9.94. The van der Waals surface area contributed by atoms with Crippen molar-refractivity contribution in [2.45, 2.75) is 133 Å². The van der Waals surface area contributed by atoms with Crippen molar-refractivity contribution < 1.29 is 76.0 Å². The summed E-state index contributed by atoms with van der Waals surface area (Å²) in [5, 5.41) is 3.03. The molecule has 3 aliphatic rings. The minimum absolute atomic E-state index is 0.0338. The normalized spacial score (nSPS) is 25.7. The molecular formula is C55H66ClNO16. The highest BCUT2D eigenvalue weighted by molar-refractivity contribution is 6.26. The predicted molar refractivity (Wildman–Crippen MR) is 264 cm³/mol. The number of rotatable bonds is 26. The van der Waals surface area contributed by atoms with Gasteiger partial charge in [0.2, 0.25) is 5.91 Å². The third-order valence-electron chi connectivity index (χ3n) is 12.6. The number of carbonyl (C=O) groups excluding carboxylic acids is 4. The van der Waals surface area contributed by atoms with Gasteiger partial charge in [-0.05, 0) is 48.2 Å². The summed E-state index contributed by atoms with van der Waals surface area (Å²) in [6, 6.07) is 33.5. The predicted octanol–water partition coefficient (Wildman–Crippen LogP) is 7.55. The van der Waals surface area contributed by atoms with Crippen LogP contribution in [0.25, 0.3) is 0 Å². The van der Waals surface area contributed by atoms with Gasteiger partial charge in [0.1, 0.15) is 48.2 Å². The third kappa shape index (κ3) is 16.3. The van der Waals surface area contributed by atoms with E-state index in [9.17, 15) is 19.2 Å². The number of carbonyl (C=O) groups is 4. The monoisotopic (exact) mass is 1030 g/mol. The number of benzene rings is 4. The van der Waals surface area contributed by atoms with Gasteiger partial charge in [-0.15, -0.1) is 11.6 Å². The van der Waals surface area contributed by atoms with E-state index in [2.05, 4.69) is 5.32 Å². The van der Waals surface area contributed by atoms with E-state index in [0.29, 0.717) is 24.2 Å². The number of nitrogens with one attached hydrogen (secondary N) is 1. The van der Waals surface area contributed by atoms with Crippen LogP contribution in [0.2, 0.25) is 0 Å². The standard InChI is InChI=1S/C55H66ClNO16/c1-36(58)57-46-49(66-33-38-26-28-41(62-2)29-27-38)47(42(34-64-32-37-19-11-8-12-20-37)68-54(46)65-30-18-7-5-4-6-17-25-44(59)63-3)73-55-51(71-52(61)39-21-13-9-14-22-39)50(70-45(60)31-56)48-43(69-55)35-67-53(72-48)40-23-15-10-16-24-40/h8-16,19-24,26-29,42-43,46-51,53-55H,4-7,17-18,25,30-35H2,1-3H3,(H,57,58)/t42-,43-,46-,47-,48+,49-,50+,51-,53?,54-,55+/m1/s1. The topological polar surface area (TPSA) is 191 Å². The molecule has 0 radical (unpaired) electrons. The van der Waals surface area contributed by atoms with E-state index < -0.39 is 91.4 Å². The summed E-state index contributed by atoms with van der Waals surface area (Å²) in [6.45, 7) is 1.79. The Labute approximate surface area is 431 Å². The smallest absolute Gasteiger partial charge is 0.338 e. The number of hydrogen-bond donors (Lipinski definition) is 1. The second-order valence-electron chi connectivity index (χ2n) is 17.9. The largest absolute Gasteiger partial charge is 0.497 e. The molecule has 7 rings (SSSR count). The molecule has 3 saturated heterocycles. The zero-order valence-electron chi connectivity index (χ0n) is 41.4. The van der Waals surface area contributed by atoms with Crippen molar-refractivity contribution in [1.82, 2.24) is 5.32 Å². The van der Waals surface area contributed by atoms with Crippen molar-refractivity contribution in [3.63, 3.8) is 0 Å². The molecule has 1 N–H and O–H groups in total. The molecule has 3 heterocycles. The van der Waals surface area contributed by atoms with E-state index in [1.807, 2.05) is 84.9 Å². The van der Waals surface area contributed by atoms with E-state index in [4.69, 9.17) is 68.4 Å². The molecule has 3 fully saturated rings. The molecule has 0 aromatic heterocycles. The third-order valence-corrected chi connectivity index (χ3v) is 12.8. The maximum absolute atomic E-state index is 14.1. The van der Waals surface area contributed by atoms with E-state index in [1.54, 1.807) is 37.4 Å². The Morgan fingerprint density at radius 2 is 1.33 bits per heavy atom. The lowest BCUT2D eigenvalue weighted by molar-refractivity contribution is -0.382. The molecule has 1 amide bonds. The van der Waals surface area contributed by atoms with Gasteiger partial charge in [0.15, 0.2) is 31.1 Å². The van der Waals surface area contributed by atoms with Gasteiger partial charge in [-0.1, -0.05) is 117 Å².